The van der Waals surface area contributed by atoms with Gasteiger partial charge >= 0.3 is 5.97 Å². The van der Waals surface area contributed by atoms with E-state index in [-0.39, 0.29) is 6.04 Å². The molecule has 3 nitrogen and oxygen atoms in total. The van der Waals surface area contributed by atoms with E-state index in [1.165, 1.54) is 0 Å². The second kappa shape index (κ2) is 2.85. The first-order valence-electron chi connectivity index (χ1n) is 4.31. The molecule has 0 amide bonds. The van der Waals surface area contributed by atoms with E-state index >= 15 is 0 Å². The van der Waals surface area contributed by atoms with Gasteiger partial charge in [-0.3, -0.25) is 0 Å². The minimum atomic E-state index is -0.880. The van der Waals surface area contributed by atoms with Crippen LogP contribution in [-0.4, -0.2) is 11.1 Å². The molecule has 68 valence electrons. The normalized spacial score (nSPS) is 19.9. The molecule has 1 unspecified atom stereocenters. The summed E-state index contributed by atoms with van der Waals surface area (Å²) in [4.78, 5) is 10.9. The van der Waals surface area contributed by atoms with Crippen LogP contribution in [0.15, 0.2) is 18.2 Å². The molecule has 0 heterocycles. The van der Waals surface area contributed by atoms with Crippen molar-refractivity contribution in [2.45, 2.75) is 18.9 Å². The van der Waals surface area contributed by atoms with Gasteiger partial charge in [-0.2, -0.15) is 0 Å². The van der Waals surface area contributed by atoms with Crippen LogP contribution >= 0.6 is 0 Å². The SMILES string of the molecule is NC1CCc2cccc(C(=O)O)c21. The van der Waals surface area contributed by atoms with E-state index in [9.17, 15) is 4.79 Å². The molecule has 3 N–H and O–H groups in total. The van der Waals surface area contributed by atoms with E-state index in [1.807, 2.05) is 6.07 Å². The number of aromatic carboxylic acids is 1. The smallest absolute Gasteiger partial charge is 0.336 e. The summed E-state index contributed by atoms with van der Waals surface area (Å²) in [6.07, 6.45) is 1.76. The van der Waals surface area contributed by atoms with Crippen LogP contribution in [0.25, 0.3) is 0 Å². The predicted molar refractivity (Wildman–Crippen MR) is 48.7 cm³/mol. The highest BCUT2D eigenvalue weighted by Crippen LogP contribution is 2.31. The van der Waals surface area contributed by atoms with Gasteiger partial charge in [0.15, 0.2) is 0 Å². The maximum atomic E-state index is 10.9. The molecule has 0 radical (unpaired) electrons. The van der Waals surface area contributed by atoms with Crippen LogP contribution in [0.2, 0.25) is 0 Å². The largest absolute Gasteiger partial charge is 0.478 e. The molecular weight excluding hydrogens is 166 g/mol. The average molecular weight is 177 g/mol. The molecular formula is C10H11NO2. The van der Waals surface area contributed by atoms with Gasteiger partial charge in [0.2, 0.25) is 0 Å². The summed E-state index contributed by atoms with van der Waals surface area (Å²) in [6, 6.07) is 5.25. The lowest BCUT2D eigenvalue weighted by atomic mass is 10.0. The van der Waals surface area contributed by atoms with Crippen LogP contribution in [0.4, 0.5) is 0 Å². The summed E-state index contributed by atoms with van der Waals surface area (Å²) in [7, 11) is 0. The van der Waals surface area contributed by atoms with Gasteiger partial charge in [-0.05, 0) is 30.0 Å². The monoisotopic (exact) mass is 177 g/mol. The summed E-state index contributed by atoms with van der Waals surface area (Å²) in [6.45, 7) is 0. The van der Waals surface area contributed by atoms with Gasteiger partial charge < -0.3 is 10.8 Å². The van der Waals surface area contributed by atoms with Crippen LogP contribution in [-0.2, 0) is 6.42 Å². The molecule has 0 bridgehead atoms. The number of rotatable bonds is 1. The van der Waals surface area contributed by atoms with E-state index in [1.54, 1.807) is 12.1 Å². The molecule has 0 aromatic heterocycles. The first-order valence-corrected chi connectivity index (χ1v) is 4.31. The minimum Gasteiger partial charge on any atom is -0.478 e. The lowest BCUT2D eigenvalue weighted by Crippen LogP contribution is -2.11. The zero-order valence-electron chi connectivity index (χ0n) is 7.16. The quantitative estimate of drug-likeness (QED) is 0.680. The third kappa shape index (κ3) is 1.21. The van der Waals surface area contributed by atoms with Crippen molar-refractivity contribution in [2.75, 3.05) is 0 Å². The molecule has 0 aliphatic heterocycles. The molecule has 2 rings (SSSR count). The Morgan fingerprint density at radius 2 is 2.31 bits per heavy atom. The summed E-state index contributed by atoms with van der Waals surface area (Å²) in [5, 5.41) is 8.91. The predicted octanol–water partition coefficient (Wildman–Crippen LogP) is 1.33. The Morgan fingerprint density at radius 3 is 3.00 bits per heavy atom. The van der Waals surface area contributed by atoms with Crippen molar-refractivity contribution in [2.24, 2.45) is 5.73 Å². The molecule has 1 aromatic rings. The fourth-order valence-electron chi connectivity index (χ4n) is 1.91. The molecule has 0 fully saturated rings. The maximum Gasteiger partial charge on any atom is 0.336 e. The third-order valence-corrected chi connectivity index (χ3v) is 2.52. The van der Waals surface area contributed by atoms with Crippen LogP contribution in [0.1, 0.15) is 33.9 Å². The Labute approximate surface area is 76.2 Å². The topological polar surface area (TPSA) is 63.3 Å². The summed E-state index contributed by atoms with van der Waals surface area (Å²) in [5.41, 5.74) is 8.10. The van der Waals surface area contributed by atoms with Crippen molar-refractivity contribution in [3.8, 4) is 0 Å². The Hall–Kier alpha value is -1.35. The number of hydrogen-bond donors (Lipinski definition) is 2. The van der Waals surface area contributed by atoms with Crippen molar-refractivity contribution in [1.29, 1.82) is 0 Å². The third-order valence-electron chi connectivity index (χ3n) is 2.52. The molecule has 0 saturated carbocycles. The maximum absolute atomic E-state index is 10.9. The fourth-order valence-corrected chi connectivity index (χ4v) is 1.91. The molecule has 3 heteroatoms. The molecule has 1 atom stereocenters. The van der Waals surface area contributed by atoms with Gasteiger partial charge in [0, 0.05) is 6.04 Å². The van der Waals surface area contributed by atoms with E-state index < -0.39 is 5.97 Å². The van der Waals surface area contributed by atoms with Gasteiger partial charge in [0.25, 0.3) is 0 Å². The Morgan fingerprint density at radius 1 is 1.54 bits per heavy atom. The number of hydrogen-bond acceptors (Lipinski definition) is 2. The average Bonchev–Trinajstić information content (AvgIpc) is 2.48. The second-order valence-electron chi connectivity index (χ2n) is 3.33. The fraction of sp³-hybridized carbons (Fsp3) is 0.300. The molecule has 13 heavy (non-hydrogen) atoms. The number of fused-ring (bicyclic) bond motifs is 1. The number of aryl methyl sites for hydroxylation is 1. The minimum absolute atomic E-state index is 0.0951. The molecule has 1 aliphatic carbocycles. The van der Waals surface area contributed by atoms with E-state index in [4.69, 9.17) is 10.8 Å². The Kier molecular flexibility index (Phi) is 1.81. The first kappa shape index (κ1) is 8.26. The number of nitrogens with two attached hydrogens (primary N) is 1. The second-order valence-corrected chi connectivity index (χ2v) is 3.33. The number of carboxylic acids is 1. The van der Waals surface area contributed by atoms with Gasteiger partial charge in [-0.1, -0.05) is 12.1 Å². The highest BCUT2D eigenvalue weighted by atomic mass is 16.4. The van der Waals surface area contributed by atoms with E-state index in [0.717, 1.165) is 24.0 Å². The summed E-state index contributed by atoms with van der Waals surface area (Å²) in [5.74, 6) is -0.880. The molecule has 0 saturated heterocycles. The Balaban J connectivity index is 2.60. The van der Waals surface area contributed by atoms with Crippen molar-refractivity contribution >= 4 is 5.97 Å². The number of benzene rings is 1. The van der Waals surface area contributed by atoms with Crippen LogP contribution in [0, 0.1) is 0 Å². The lowest BCUT2D eigenvalue weighted by molar-refractivity contribution is 0.0695. The Bertz CT molecular complexity index is 360. The number of carboxylic acid groups (broad SMARTS) is 1. The number of carbonyl (C=O) groups is 1. The molecule has 0 spiro atoms. The van der Waals surface area contributed by atoms with Crippen LogP contribution in [0.5, 0.6) is 0 Å². The summed E-state index contributed by atoms with van der Waals surface area (Å²) < 4.78 is 0. The van der Waals surface area contributed by atoms with E-state index in [2.05, 4.69) is 0 Å². The zero-order chi connectivity index (χ0) is 9.42. The lowest BCUT2D eigenvalue weighted by Gasteiger charge is -2.07. The van der Waals surface area contributed by atoms with Crippen LogP contribution < -0.4 is 5.73 Å². The molecule has 1 aromatic carbocycles. The molecule has 1 aliphatic rings. The van der Waals surface area contributed by atoms with Crippen molar-refractivity contribution < 1.29 is 9.90 Å². The van der Waals surface area contributed by atoms with Crippen molar-refractivity contribution in [3.63, 3.8) is 0 Å². The standard InChI is InChI=1S/C10H11NO2/c11-8-5-4-6-2-1-3-7(9(6)8)10(12)13/h1-3,8H,4-5,11H2,(H,12,13). The van der Waals surface area contributed by atoms with Crippen molar-refractivity contribution in [3.05, 3.63) is 34.9 Å². The van der Waals surface area contributed by atoms with E-state index in [0.29, 0.717) is 5.56 Å². The first-order chi connectivity index (χ1) is 6.20. The highest BCUT2D eigenvalue weighted by Gasteiger charge is 2.24. The summed E-state index contributed by atoms with van der Waals surface area (Å²) >= 11 is 0. The van der Waals surface area contributed by atoms with Crippen LogP contribution in [0.3, 0.4) is 0 Å². The van der Waals surface area contributed by atoms with Gasteiger partial charge in [0.05, 0.1) is 5.56 Å². The van der Waals surface area contributed by atoms with Crippen molar-refractivity contribution in [1.82, 2.24) is 0 Å². The van der Waals surface area contributed by atoms with Gasteiger partial charge in [0.1, 0.15) is 0 Å². The van der Waals surface area contributed by atoms with Gasteiger partial charge in [-0.15, -0.1) is 0 Å². The zero-order valence-corrected chi connectivity index (χ0v) is 7.16. The highest BCUT2D eigenvalue weighted by molar-refractivity contribution is 5.90. The van der Waals surface area contributed by atoms with Gasteiger partial charge in [-0.25, -0.2) is 4.79 Å².